The van der Waals surface area contributed by atoms with Crippen LogP contribution in [0, 0.1) is 5.82 Å². The van der Waals surface area contributed by atoms with Gasteiger partial charge in [0.15, 0.2) is 0 Å². The molecule has 3 rings (SSSR count). The molecule has 0 aliphatic carbocycles. The first kappa shape index (κ1) is 13.1. The molecule has 5 heteroatoms. The first-order valence-corrected chi connectivity index (χ1v) is 6.88. The third-order valence-corrected chi connectivity index (χ3v) is 4.05. The number of hydrogen-bond acceptors (Lipinski definition) is 3. The Labute approximate surface area is 118 Å². The van der Waals surface area contributed by atoms with E-state index in [1.54, 1.807) is 24.0 Å². The van der Waals surface area contributed by atoms with Gasteiger partial charge in [-0.25, -0.2) is 4.39 Å². The molecule has 106 valence electrons. The van der Waals surface area contributed by atoms with Crippen molar-refractivity contribution in [2.24, 2.45) is 7.05 Å². The Morgan fingerprint density at radius 2 is 1.90 bits per heavy atom. The van der Waals surface area contributed by atoms with Crippen LogP contribution in [0.5, 0.6) is 0 Å². The molecule has 1 aromatic carbocycles. The predicted octanol–water partition coefficient (Wildman–Crippen LogP) is 3.26. The minimum atomic E-state index is -0.216. The molecule has 20 heavy (non-hydrogen) atoms. The van der Waals surface area contributed by atoms with E-state index in [-0.39, 0.29) is 17.8 Å². The molecule has 0 unspecified atom stereocenters. The Kier molecular flexibility index (Phi) is 2.81. The fraction of sp³-hybridized carbons (Fsp3) is 0.467. The summed E-state index contributed by atoms with van der Waals surface area (Å²) in [4.78, 5) is 3.73. The molecule has 1 aromatic heterocycles. The highest BCUT2D eigenvalue weighted by Crippen LogP contribution is 2.45. The number of benzene rings is 1. The number of fused-ring (bicyclic) bond motifs is 3. The van der Waals surface area contributed by atoms with E-state index >= 15 is 0 Å². The molecule has 0 N–H and O–H groups in total. The standard InChI is InChI=1S/C15H19FN4/c1-8(2)11-6-10(16)7-12-14-13(17-20(5)18-14)9(3)19(4)15(11)12/h6-9H,1-5H3/t9-/m1/s1. The number of anilines is 1. The zero-order valence-electron chi connectivity index (χ0n) is 12.5. The number of hydrogen-bond donors (Lipinski definition) is 0. The summed E-state index contributed by atoms with van der Waals surface area (Å²) in [6.45, 7) is 6.27. The van der Waals surface area contributed by atoms with Gasteiger partial charge in [-0.05, 0) is 30.5 Å². The van der Waals surface area contributed by atoms with Crippen molar-refractivity contribution in [3.05, 3.63) is 29.2 Å². The van der Waals surface area contributed by atoms with Crippen LogP contribution in [0.2, 0.25) is 0 Å². The molecule has 1 atom stereocenters. The average Bonchev–Trinajstić information content (AvgIpc) is 2.77. The van der Waals surface area contributed by atoms with Gasteiger partial charge in [0.1, 0.15) is 17.2 Å². The molecule has 0 bridgehead atoms. The lowest BCUT2D eigenvalue weighted by Crippen LogP contribution is -2.28. The minimum Gasteiger partial charge on any atom is -0.365 e. The van der Waals surface area contributed by atoms with E-state index in [1.807, 2.05) is 7.05 Å². The molecule has 0 saturated carbocycles. The molecule has 1 aliphatic heterocycles. The van der Waals surface area contributed by atoms with E-state index in [0.717, 1.165) is 28.2 Å². The third kappa shape index (κ3) is 1.72. The number of halogens is 1. The summed E-state index contributed by atoms with van der Waals surface area (Å²) in [6.07, 6.45) is 0. The maximum Gasteiger partial charge on any atom is 0.124 e. The van der Waals surface area contributed by atoms with Crippen molar-refractivity contribution < 1.29 is 4.39 Å². The number of aryl methyl sites for hydroxylation is 1. The zero-order chi connectivity index (χ0) is 14.6. The van der Waals surface area contributed by atoms with Crippen molar-refractivity contribution in [3.8, 4) is 11.3 Å². The summed E-state index contributed by atoms with van der Waals surface area (Å²) in [6, 6.07) is 3.33. The van der Waals surface area contributed by atoms with Gasteiger partial charge in [0.25, 0.3) is 0 Å². The van der Waals surface area contributed by atoms with Crippen LogP contribution in [0.3, 0.4) is 0 Å². The SMILES string of the molecule is CC(C)c1cc(F)cc2c1N(C)[C@H](C)c1nn(C)nc1-2. The van der Waals surface area contributed by atoms with E-state index < -0.39 is 0 Å². The Hall–Kier alpha value is -1.91. The maximum atomic E-state index is 14.0. The lowest BCUT2D eigenvalue weighted by molar-refractivity contribution is 0.617. The number of nitrogens with zero attached hydrogens (tertiary/aromatic N) is 4. The molecule has 0 fully saturated rings. The zero-order valence-corrected chi connectivity index (χ0v) is 12.5. The maximum absolute atomic E-state index is 14.0. The van der Waals surface area contributed by atoms with Crippen LogP contribution in [0.25, 0.3) is 11.3 Å². The van der Waals surface area contributed by atoms with Gasteiger partial charge in [-0.3, -0.25) is 0 Å². The van der Waals surface area contributed by atoms with Crippen molar-refractivity contribution in [3.63, 3.8) is 0 Å². The summed E-state index contributed by atoms with van der Waals surface area (Å²) in [5, 5.41) is 8.86. The first-order valence-electron chi connectivity index (χ1n) is 6.88. The van der Waals surface area contributed by atoms with E-state index in [4.69, 9.17) is 0 Å². The van der Waals surface area contributed by atoms with Crippen molar-refractivity contribution in [1.29, 1.82) is 0 Å². The Morgan fingerprint density at radius 1 is 1.20 bits per heavy atom. The van der Waals surface area contributed by atoms with Gasteiger partial charge in [-0.15, -0.1) is 0 Å². The molecule has 0 spiro atoms. The van der Waals surface area contributed by atoms with Crippen LogP contribution in [0.1, 0.15) is 44.0 Å². The van der Waals surface area contributed by atoms with Crippen molar-refractivity contribution in [2.45, 2.75) is 32.7 Å². The highest BCUT2D eigenvalue weighted by atomic mass is 19.1. The Bertz CT molecular complexity index is 675. The van der Waals surface area contributed by atoms with E-state index in [2.05, 4.69) is 35.9 Å². The Balaban J connectivity index is 2.36. The van der Waals surface area contributed by atoms with Crippen molar-refractivity contribution >= 4 is 5.69 Å². The van der Waals surface area contributed by atoms with Gasteiger partial charge in [0, 0.05) is 19.7 Å². The van der Waals surface area contributed by atoms with Gasteiger partial charge >= 0.3 is 0 Å². The lowest BCUT2D eigenvalue weighted by Gasteiger charge is -2.34. The van der Waals surface area contributed by atoms with E-state index in [9.17, 15) is 4.39 Å². The molecule has 1 aliphatic rings. The summed E-state index contributed by atoms with van der Waals surface area (Å²) >= 11 is 0. The van der Waals surface area contributed by atoms with Gasteiger partial charge in [0.2, 0.25) is 0 Å². The minimum absolute atomic E-state index is 0.133. The monoisotopic (exact) mass is 274 g/mol. The number of rotatable bonds is 1. The Morgan fingerprint density at radius 3 is 2.55 bits per heavy atom. The molecular weight excluding hydrogens is 255 g/mol. The van der Waals surface area contributed by atoms with Crippen LogP contribution in [-0.2, 0) is 7.05 Å². The highest BCUT2D eigenvalue weighted by molar-refractivity contribution is 5.84. The van der Waals surface area contributed by atoms with Crippen LogP contribution in [0.15, 0.2) is 12.1 Å². The second kappa shape index (κ2) is 4.30. The van der Waals surface area contributed by atoms with E-state index in [1.165, 1.54) is 0 Å². The van der Waals surface area contributed by atoms with Crippen LogP contribution < -0.4 is 4.90 Å². The van der Waals surface area contributed by atoms with E-state index in [0.29, 0.717) is 0 Å². The normalized spacial score (nSPS) is 17.4. The third-order valence-electron chi connectivity index (χ3n) is 4.05. The summed E-state index contributed by atoms with van der Waals surface area (Å²) in [5.41, 5.74) is 4.64. The lowest BCUT2D eigenvalue weighted by atomic mass is 9.90. The van der Waals surface area contributed by atoms with Crippen LogP contribution in [-0.4, -0.2) is 22.0 Å². The van der Waals surface area contributed by atoms with Gasteiger partial charge in [0.05, 0.1) is 11.7 Å². The molecule has 2 aromatic rings. The quantitative estimate of drug-likeness (QED) is 0.800. The second-order valence-corrected chi connectivity index (χ2v) is 5.76. The molecule has 2 heterocycles. The summed E-state index contributed by atoms with van der Waals surface area (Å²) < 4.78 is 14.0. The van der Waals surface area contributed by atoms with Gasteiger partial charge in [-0.1, -0.05) is 13.8 Å². The van der Waals surface area contributed by atoms with Gasteiger partial charge in [-0.2, -0.15) is 15.0 Å². The van der Waals surface area contributed by atoms with Crippen molar-refractivity contribution in [2.75, 3.05) is 11.9 Å². The number of aromatic nitrogens is 3. The topological polar surface area (TPSA) is 34.0 Å². The molecular formula is C15H19FN4. The van der Waals surface area contributed by atoms with Crippen LogP contribution >= 0.6 is 0 Å². The van der Waals surface area contributed by atoms with Crippen molar-refractivity contribution in [1.82, 2.24) is 15.0 Å². The average molecular weight is 274 g/mol. The fourth-order valence-electron chi connectivity index (χ4n) is 2.91. The summed E-state index contributed by atoms with van der Waals surface area (Å²) in [5.74, 6) is 0.0410. The largest absolute Gasteiger partial charge is 0.365 e. The van der Waals surface area contributed by atoms with Gasteiger partial charge < -0.3 is 4.90 Å². The van der Waals surface area contributed by atoms with Crippen LogP contribution in [0.4, 0.5) is 10.1 Å². The molecule has 4 nitrogen and oxygen atoms in total. The fourth-order valence-corrected chi connectivity index (χ4v) is 2.91. The highest BCUT2D eigenvalue weighted by Gasteiger charge is 2.32. The predicted molar refractivity (Wildman–Crippen MR) is 77.3 cm³/mol. The molecule has 0 amide bonds. The smallest absolute Gasteiger partial charge is 0.124 e. The second-order valence-electron chi connectivity index (χ2n) is 5.76. The summed E-state index contributed by atoms with van der Waals surface area (Å²) in [7, 11) is 3.83. The first-order chi connectivity index (χ1) is 9.40. The molecule has 0 saturated heterocycles. The molecule has 0 radical (unpaired) electrons.